The Labute approximate surface area is 120 Å². The van der Waals surface area contributed by atoms with E-state index >= 15 is 0 Å². The zero-order chi connectivity index (χ0) is 14.9. The molecule has 3 atom stereocenters. The van der Waals surface area contributed by atoms with E-state index in [0.29, 0.717) is 0 Å². The number of benzene rings is 1. The molecule has 0 bridgehead atoms. The standard InChI is InChI=1S/C16H24O4/c1-16(2,3)13-11-7-6-10(9-17)8-12(11)20-15(19-5)14(13)18-4/h6-8,13-15,17H,9H2,1-5H3/t13?,14?,15-/m0/s1. The summed E-state index contributed by atoms with van der Waals surface area (Å²) in [4.78, 5) is 0. The van der Waals surface area contributed by atoms with Gasteiger partial charge in [-0.3, -0.25) is 0 Å². The molecule has 112 valence electrons. The molecule has 0 saturated heterocycles. The highest BCUT2D eigenvalue weighted by Gasteiger charge is 2.44. The van der Waals surface area contributed by atoms with Crippen molar-refractivity contribution in [2.24, 2.45) is 5.41 Å². The van der Waals surface area contributed by atoms with E-state index in [4.69, 9.17) is 14.2 Å². The summed E-state index contributed by atoms with van der Waals surface area (Å²) < 4.78 is 17.0. The Hall–Kier alpha value is -1.10. The highest BCUT2D eigenvalue weighted by molar-refractivity contribution is 5.43. The minimum absolute atomic E-state index is 0.00216. The van der Waals surface area contributed by atoms with E-state index in [0.717, 1.165) is 16.9 Å². The fourth-order valence-corrected chi connectivity index (χ4v) is 2.95. The summed E-state index contributed by atoms with van der Waals surface area (Å²) in [5.41, 5.74) is 1.95. The summed E-state index contributed by atoms with van der Waals surface area (Å²) >= 11 is 0. The number of ether oxygens (including phenoxy) is 3. The molecule has 0 aromatic heterocycles. The third-order valence-electron chi connectivity index (χ3n) is 3.87. The molecule has 20 heavy (non-hydrogen) atoms. The molecule has 4 nitrogen and oxygen atoms in total. The monoisotopic (exact) mass is 280 g/mol. The van der Waals surface area contributed by atoms with E-state index in [1.165, 1.54) is 0 Å². The van der Waals surface area contributed by atoms with Gasteiger partial charge in [0.1, 0.15) is 11.9 Å². The van der Waals surface area contributed by atoms with Crippen LogP contribution in [0.5, 0.6) is 5.75 Å². The smallest absolute Gasteiger partial charge is 0.226 e. The predicted molar refractivity (Wildman–Crippen MR) is 76.8 cm³/mol. The first-order valence-corrected chi connectivity index (χ1v) is 6.88. The highest BCUT2D eigenvalue weighted by Crippen LogP contribution is 2.47. The van der Waals surface area contributed by atoms with Crippen molar-refractivity contribution in [3.05, 3.63) is 29.3 Å². The van der Waals surface area contributed by atoms with Crippen molar-refractivity contribution in [2.75, 3.05) is 14.2 Å². The molecule has 0 spiro atoms. The number of hydrogen-bond donors (Lipinski definition) is 1. The van der Waals surface area contributed by atoms with Gasteiger partial charge in [0.05, 0.1) is 6.61 Å². The van der Waals surface area contributed by atoms with Gasteiger partial charge >= 0.3 is 0 Å². The van der Waals surface area contributed by atoms with Crippen LogP contribution in [0.1, 0.15) is 37.8 Å². The molecular formula is C16H24O4. The zero-order valence-electron chi connectivity index (χ0n) is 12.8. The van der Waals surface area contributed by atoms with Gasteiger partial charge in [0.25, 0.3) is 0 Å². The van der Waals surface area contributed by atoms with Gasteiger partial charge in [0.15, 0.2) is 0 Å². The fourth-order valence-electron chi connectivity index (χ4n) is 2.95. The molecule has 0 fully saturated rings. The summed E-state index contributed by atoms with van der Waals surface area (Å²) in [6.07, 6.45) is -0.599. The molecule has 1 N–H and O–H groups in total. The first-order chi connectivity index (χ1) is 9.42. The van der Waals surface area contributed by atoms with Crippen molar-refractivity contribution in [1.29, 1.82) is 0 Å². The van der Waals surface area contributed by atoms with E-state index in [-0.39, 0.29) is 24.0 Å². The molecule has 0 saturated carbocycles. The number of aliphatic hydroxyl groups is 1. The van der Waals surface area contributed by atoms with Crippen LogP contribution >= 0.6 is 0 Å². The third kappa shape index (κ3) is 2.68. The zero-order valence-corrected chi connectivity index (χ0v) is 12.8. The van der Waals surface area contributed by atoms with Crippen LogP contribution in [0, 0.1) is 5.41 Å². The van der Waals surface area contributed by atoms with Gasteiger partial charge in [-0.2, -0.15) is 0 Å². The van der Waals surface area contributed by atoms with Crippen LogP contribution in [0.4, 0.5) is 0 Å². The normalized spacial score (nSPS) is 26.0. The molecule has 1 aliphatic rings. The number of fused-ring (bicyclic) bond motifs is 1. The van der Waals surface area contributed by atoms with Crippen molar-refractivity contribution >= 4 is 0 Å². The first-order valence-electron chi connectivity index (χ1n) is 6.88. The molecule has 2 unspecified atom stereocenters. The summed E-state index contributed by atoms with van der Waals surface area (Å²) in [7, 11) is 3.31. The van der Waals surface area contributed by atoms with Crippen LogP contribution in [0.2, 0.25) is 0 Å². The van der Waals surface area contributed by atoms with Crippen molar-refractivity contribution in [3.63, 3.8) is 0 Å². The summed E-state index contributed by atoms with van der Waals surface area (Å²) in [5.74, 6) is 0.936. The van der Waals surface area contributed by atoms with Crippen molar-refractivity contribution in [2.45, 2.75) is 45.7 Å². The van der Waals surface area contributed by atoms with E-state index in [2.05, 4.69) is 20.8 Å². The van der Waals surface area contributed by atoms with Crippen LogP contribution in [0.15, 0.2) is 18.2 Å². The lowest BCUT2D eigenvalue weighted by Crippen LogP contribution is -2.47. The lowest BCUT2D eigenvalue weighted by Gasteiger charge is -2.44. The average molecular weight is 280 g/mol. The molecule has 0 radical (unpaired) electrons. The largest absolute Gasteiger partial charge is 0.462 e. The maximum Gasteiger partial charge on any atom is 0.226 e. The van der Waals surface area contributed by atoms with Gasteiger partial charge < -0.3 is 19.3 Å². The van der Waals surface area contributed by atoms with Crippen LogP contribution in [0.25, 0.3) is 0 Å². The Morgan fingerprint density at radius 1 is 1.20 bits per heavy atom. The minimum atomic E-state index is -0.439. The molecule has 4 heteroatoms. The molecule has 2 rings (SSSR count). The second-order valence-corrected chi connectivity index (χ2v) is 6.30. The molecule has 1 aliphatic heterocycles. The Morgan fingerprint density at radius 2 is 1.90 bits per heavy atom. The molecule has 0 aliphatic carbocycles. The average Bonchev–Trinajstić information content (AvgIpc) is 2.43. The summed E-state index contributed by atoms with van der Waals surface area (Å²) in [6, 6.07) is 5.83. The number of aliphatic hydroxyl groups excluding tert-OH is 1. The Balaban J connectivity index is 2.52. The van der Waals surface area contributed by atoms with Gasteiger partial charge in [0, 0.05) is 25.7 Å². The Kier molecular flexibility index (Phi) is 4.37. The van der Waals surface area contributed by atoms with Crippen molar-refractivity contribution in [3.8, 4) is 5.75 Å². The molecule has 1 aromatic rings. The second-order valence-electron chi connectivity index (χ2n) is 6.30. The van der Waals surface area contributed by atoms with Gasteiger partial charge in [-0.1, -0.05) is 32.9 Å². The van der Waals surface area contributed by atoms with E-state index in [1.54, 1.807) is 14.2 Å². The topological polar surface area (TPSA) is 47.9 Å². The number of methoxy groups -OCH3 is 2. The molecular weight excluding hydrogens is 256 g/mol. The maximum atomic E-state index is 9.27. The lowest BCUT2D eigenvalue weighted by molar-refractivity contribution is -0.167. The third-order valence-corrected chi connectivity index (χ3v) is 3.87. The Morgan fingerprint density at radius 3 is 2.40 bits per heavy atom. The number of hydrogen-bond acceptors (Lipinski definition) is 4. The Bertz CT molecular complexity index is 464. The quantitative estimate of drug-likeness (QED) is 0.924. The van der Waals surface area contributed by atoms with Crippen LogP contribution in [-0.2, 0) is 16.1 Å². The number of rotatable bonds is 3. The van der Waals surface area contributed by atoms with Crippen LogP contribution in [0.3, 0.4) is 0 Å². The molecule has 0 amide bonds. The fraction of sp³-hybridized carbons (Fsp3) is 0.625. The van der Waals surface area contributed by atoms with Gasteiger partial charge in [0.2, 0.25) is 6.29 Å². The van der Waals surface area contributed by atoms with E-state index < -0.39 is 6.29 Å². The SMILES string of the molecule is COC1C(C(C)(C)C)c2ccc(CO)cc2O[C@@H]1OC. The van der Waals surface area contributed by atoms with Gasteiger partial charge in [-0.25, -0.2) is 0 Å². The van der Waals surface area contributed by atoms with Crippen LogP contribution in [-0.4, -0.2) is 31.7 Å². The summed E-state index contributed by atoms with van der Waals surface area (Å²) in [5, 5.41) is 9.27. The van der Waals surface area contributed by atoms with E-state index in [9.17, 15) is 5.11 Å². The highest BCUT2D eigenvalue weighted by atomic mass is 16.7. The van der Waals surface area contributed by atoms with Crippen molar-refractivity contribution in [1.82, 2.24) is 0 Å². The van der Waals surface area contributed by atoms with E-state index in [1.807, 2.05) is 18.2 Å². The summed E-state index contributed by atoms with van der Waals surface area (Å²) in [6.45, 7) is 6.56. The van der Waals surface area contributed by atoms with Gasteiger partial charge in [-0.05, 0) is 17.0 Å². The molecule has 1 heterocycles. The molecule has 1 aromatic carbocycles. The second kappa shape index (κ2) is 5.72. The first kappa shape index (κ1) is 15.3. The van der Waals surface area contributed by atoms with Crippen molar-refractivity contribution < 1.29 is 19.3 Å². The van der Waals surface area contributed by atoms with Crippen LogP contribution < -0.4 is 4.74 Å². The predicted octanol–water partition coefficient (Wildman–Crippen LogP) is 2.69. The van der Waals surface area contributed by atoms with Gasteiger partial charge in [-0.15, -0.1) is 0 Å². The lowest BCUT2D eigenvalue weighted by atomic mass is 9.71. The maximum absolute atomic E-state index is 9.27. The minimum Gasteiger partial charge on any atom is -0.462 e.